The number of aromatic amines is 1. The molecule has 108 valence electrons. The van der Waals surface area contributed by atoms with Crippen LogP contribution in [0.4, 0.5) is 0 Å². The Hall–Kier alpha value is -2.36. The minimum absolute atomic E-state index is 0.157. The fraction of sp³-hybridized carbons (Fsp3) is 0.294. The van der Waals surface area contributed by atoms with Gasteiger partial charge in [-0.25, -0.2) is 0 Å². The highest BCUT2D eigenvalue weighted by Gasteiger charge is 2.23. The number of likely N-dealkylation sites (tertiary alicyclic amines) is 1. The van der Waals surface area contributed by atoms with Crippen molar-refractivity contribution in [2.24, 2.45) is 0 Å². The molecule has 1 aliphatic heterocycles. The summed E-state index contributed by atoms with van der Waals surface area (Å²) in [5, 5.41) is 0. The van der Waals surface area contributed by atoms with Crippen LogP contribution in [-0.2, 0) is 0 Å². The van der Waals surface area contributed by atoms with Gasteiger partial charge in [0.2, 0.25) is 0 Å². The molecule has 1 fully saturated rings. The lowest BCUT2D eigenvalue weighted by atomic mass is 10.00. The average Bonchev–Trinajstić information content (AvgIpc) is 2.55. The molecule has 2 heterocycles. The molecule has 0 atom stereocenters. The summed E-state index contributed by atoms with van der Waals surface area (Å²) in [6, 6.07) is 11.4. The third-order valence-electron chi connectivity index (χ3n) is 3.90. The molecule has 1 amide bonds. The van der Waals surface area contributed by atoms with Gasteiger partial charge < -0.3 is 9.88 Å². The van der Waals surface area contributed by atoms with E-state index in [9.17, 15) is 9.59 Å². The molecule has 1 aliphatic rings. The van der Waals surface area contributed by atoms with Crippen LogP contribution in [0.3, 0.4) is 0 Å². The first-order valence-corrected chi connectivity index (χ1v) is 7.34. The lowest BCUT2D eigenvalue weighted by molar-refractivity contribution is 0.0723. The van der Waals surface area contributed by atoms with Crippen LogP contribution in [0.1, 0.15) is 29.6 Å². The fourth-order valence-corrected chi connectivity index (χ4v) is 2.80. The lowest BCUT2D eigenvalue weighted by Crippen LogP contribution is -2.38. The number of nitrogens with zero attached hydrogens (tertiary/aromatic N) is 1. The van der Waals surface area contributed by atoms with E-state index in [-0.39, 0.29) is 17.0 Å². The molecular weight excluding hydrogens is 264 g/mol. The predicted octanol–water partition coefficient (Wildman–Crippen LogP) is 2.67. The predicted molar refractivity (Wildman–Crippen MR) is 82.3 cm³/mol. The summed E-state index contributed by atoms with van der Waals surface area (Å²) in [5.74, 6) is -0.157. The molecule has 1 aromatic heterocycles. The molecule has 0 spiro atoms. The van der Waals surface area contributed by atoms with Crippen LogP contribution in [0.2, 0.25) is 0 Å². The summed E-state index contributed by atoms with van der Waals surface area (Å²) in [7, 11) is 0. The first kappa shape index (κ1) is 13.6. The molecule has 0 radical (unpaired) electrons. The standard InChI is InChI=1S/C17H18N2O2/c20-16-15(17(21)19-11-5-2-6-12-19)14(9-10-18-16)13-7-3-1-4-8-13/h1,3-4,7-10H,2,5-6,11-12H2,(H,18,20). The van der Waals surface area contributed by atoms with Crippen molar-refractivity contribution >= 4 is 5.91 Å². The molecule has 21 heavy (non-hydrogen) atoms. The van der Waals surface area contributed by atoms with Gasteiger partial charge in [0.25, 0.3) is 11.5 Å². The Balaban J connectivity index is 2.05. The smallest absolute Gasteiger partial charge is 0.261 e. The van der Waals surface area contributed by atoms with Crippen molar-refractivity contribution < 1.29 is 4.79 Å². The Morgan fingerprint density at radius 2 is 1.71 bits per heavy atom. The Morgan fingerprint density at radius 1 is 1.00 bits per heavy atom. The number of pyridine rings is 1. The third-order valence-corrected chi connectivity index (χ3v) is 3.90. The second-order valence-electron chi connectivity index (χ2n) is 5.31. The molecule has 4 nitrogen and oxygen atoms in total. The number of nitrogens with one attached hydrogen (secondary N) is 1. The summed E-state index contributed by atoms with van der Waals surface area (Å²) >= 11 is 0. The molecule has 0 bridgehead atoms. The summed E-state index contributed by atoms with van der Waals surface area (Å²) in [6.45, 7) is 1.47. The fourth-order valence-electron chi connectivity index (χ4n) is 2.80. The Bertz CT molecular complexity index is 685. The van der Waals surface area contributed by atoms with Crippen molar-refractivity contribution in [3.8, 4) is 11.1 Å². The SMILES string of the molecule is O=C(c1c(-c2ccccc2)cc[nH]c1=O)N1CCCCC1. The molecule has 0 saturated carbocycles. The third kappa shape index (κ3) is 2.75. The van der Waals surface area contributed by atoms with E-state index in [1.54, 1.807) is 17.2 Å². The van der Waals surface area contributed by atoms with E-state index in [0.29, 0.717) is 5.56 Å². The monoisotopic (exact) mass is 282 g/mol. The number of rotatable bonds is 2. The molecule has 4 heteroatoms. The molecule has 0 unspecified atom stereocenters. The summed E-state index contributed by atoms with van der Waals surface area (Å²) < 4.78 is 0. The van der Waals surface area contributed by atoms with Crippen molar-refractivity contribution in [1.82, 2.24) is 9.88 Å². The van der Waals surface area contributed by atoms with Gasteiger partial charge in [-0.2, -0.15) is 0 Å². The second-order valence-corrected chi connectivity index (χ2v) is 5.31. The number of carbonyl (C=O) groups excluding carboxylic acids is 1. The van der Waals surface area contributed by atoms with Gasteiger partial charge in [0, 0.05) is 24.8 Å². The van der Waals surface area contributed by atoms with Crippen molar-refractivity contribution in [3.05, 3.63) is 58.5 Å². The molecule has 1 saturated heterocycles. The maximum absolute atomic E-state index is 12.7. The zero-order valence-corrected chi connectivity index (χ0v) is 11.8. The van der Waals surface area contributed by atoms with Crippen LogP contribution in [-0.4, -0.2) is 28.9 Å². The number of hydrogen-bond donors (Lipinski definition) is 1. The first-order valence-electron chi connectivity index (χ1n) is 7.34. The van der Waals surface area contributed by atoms with Gasteiger partial charge in [-0.1, -0.05) is 30.3 Å². The van der Waals surface area contributed by atoms with Crippen LogP contribution < -0.4 is 5.56 Å². The van der Waals surface area contributed by atoms with Crippen LogP contribution in [0.15, 0.2) is 47.4 Å². The largest absolute Gasteiger partial charge is 0.338 e. The second kappa shape index (κ2) is 5.95. The van der Waals surface area contributed by atoms with Gasteiger partial charge in [0.1, 0.15) is 5.56 Å². The maximum atomic E-state index is 12.7. The van der Waals surface area contributed by atoms with E-state index < -0.39 is 0 Å². The van der Waals surface area contributed by atoms with Crippen LogP contribution in [0, 0.1) is 0 Å². The van der Waals surface area contributed by atoms with Crippen LogP contribution >= 0.6 is 0 Å². The van der Waals surface area contributed by atoms with Gasteiger partial charge in [0.15, 0.2) is 0 Å². The maximum Gasteiger partial charge on any atom is 0.261 e. The van der Waals surface area contributed by atoms with Crippen molar-refractivity contribution in [3.63, 3.8) is 0 Å². The molecule has 2 aromatic rings. The van der Waals surface area contributed by atoms with Crippen LogP contribution in [0.5, 0.6) is 0 Å². The molecule has 0 aliphatic carbocycles. The molecule has 1 N–H and O–H groups in total. The molecular formula is C17H18N2O2. The van der Waals surface area contributed by atoms with Crippen molar-refractivity contribution in [1.29, 1.82) is 0 Å². The Kier molecular flexibility index (Phi) is 3.86. The first-order chi connectivity index (χ1) is 10.3. The number of hydrogen-bond acceptors (Lipinski definition) is 2. The summed E-state index contributed by atoms with van der Waals surface area (Å²) in [6.07, 6.45) is 4.77. The molecule has 3 rings (SSSR count). The Morgan fingerprint density at radius 3 is 2.43 bits per heavy atom. The average molecular weight is 282 g/mol. The van der Waals surface area contributed by atoms with Gasteiger partial charge >= 0.3 is 0 Å². The lowest BCUT2D eigenvalue weighted by Gasteiger charge is -2.27. The van der Waals surface area contributed by atoms with Crippen LogP contribution in [0.25, 0.3) is 11.1 Å². The van der Waals surface area contributed by atoms with E-state index in [1.165, 1.54) is 0 Å². The Labute approximate surface area is 123 Å². The molecule has 1 aromatic carbocycles. The quantitative estimate of drug-likeness (QED) is 0.920. The van der Waals surface area contributed by atoms with E-state index in [1.807, 2.05) is 30.3 Å². The van der Waals surface area contributed by atoms with Gasteiger partial charge in [0.05, 0.1) is 0 Å². The number of aromatic nitrogens is 1. The number of carbonyl (C=O) groups is 1. The van der Waals surface area contributed by atoms with E-state index >= 15 is 0 Å². The number of amides is 1. The number of H-pyrrole nitrogens is 1. The number of benzene rings is 1. The van der Waals surface area contributed by atoms with Crippen molar-refractivity contribution in [2.45, 2.75) is 19.3 Å². The summed E-state index contributed by atoms with van der Waals surface area (Å²) in [5.41, 5.74) is 1.54. The van der Waals surface area contributed by atoms with Gasteiger partial charge in [-0.15, -0.1) is 0 Å². The minimum Gasteiger partial charge on any atom is -0.338 e. The summed E-state index contributed by atoms with van der Waals surface area (Å²) in [4.78, 5) is 29.3. The topological polar surface area (TPSA) is 53.2 Å². The highest BCUT2D eigenvalue weighted by Crippen LogP contribution is 2.22. The van der Waals surface area contributed by atoms with E-state index in [0.717, 1.165) is 37.9 Å². The van der Waals surface area contributed by atoms with Crippen molar-refractivity contribution in [2.75, 3.05) is 13.1 Å². The van der Waals surface area contributed by atoms with E-state index in [2.05, 4.69) is 4.98 Å². The highest BCUT2D eigenvalue weighted by atomic mass is 16.2. The van der Waals surface area contributed by atoms with Gasteiger partial charge in [-0.05, 0) is 30.9 Å². The minimum atomic E-state index is -0.313. The van der Waals surface area contributed by atoms with Gasteiger partial charge in [-0.3, -0.25) is 9.59 Å². The number of piperidine rings is 1. The zero-order chi connectivity index (χ0) is 14.7. The zero-order valence-electron chi connectivity index (χ0n) is 11.8. The van der Waals surface area contributed by atoms with E-state index in [4.69, 9.17) is 0 Å². The highest BCUT2D eigenvalue weighted by molar-refractivity contribution is 6.00. The normalized spacial score (nSPS) is 15.0.